The van der Waals surface area contributed by atoms with E-state index in [1.165, 1.54) is 44.3 Å². The Balaban J connectivity index is 1.88. The molecule has 0 unspecified atom stereocenters. The number of hydrogen-bond donors (Lipinski definition) is 1. The number of rotatable bonds is 6. The van der Waals surface area contributed by atoms with E-state index in [4.69, 9.17) is 5.73 Å². The molecule has 0 aromatic heterocycles. The molecular formula is C15H24N2. The lowest BCUT2D eigenvalue weighted by atomic mass is 9.85. The van der Waals surface area contributed by atoms with E-state index in [1.807, 2.05) is 12.1 Å². The molecule has 1 aromatic rings. The van der Waals surface area contributed by atoms with Gasteiger partial charge in [-0.25, -0.2) is 0 Å². The van der Waals surface area contributed by atoms with Gasteiger partial charge in [0.25, 0.3) is 0 Å². The molecule has 0 amide bonds. The highest BCUT2D eigenvalue weighted by molar-refractivity contribution is 5.39. The van der Waals surface area contributed by atoms with Crippen molar-refractivity contribution in [2.75, 3.05) is 18.8 Å². The van der Waals surface area contributed by atoms with Crippen LogP contribution in [0.25, 0.3) is 0 Å². The summed E-state index contributed by atoms with van der Waals surface area (Å²) in [6, 6.07) is 8.31. The van der Waals surface area contributed by atoms with Gasteiger partial charge in [-0.3, -0.25) is 4.90 Å². The van der Waals surface area contributed by atoms with Gasteiger partial charge in [0.1, 0.15) is 0 Å². The van der Waals surface area contributed by atoms with Gasteiger partial charge >= 0.3 is 0 Å². The third kappa shape index (κ3) is 3.74. The topological polar surface area (TPSA) is 29.3 Å². The predicted octanol–water partition coefficient (Wildman–Crippen LogP) is 3.28. The number of nitrogens with zero attached hydrogens (tertiary/aromatic N) is 1. The van der Waals surface area contributed by atoms with E-state index in [9.17, 15) is 0 Å². The summed E-state index contributed by atoms with van der Waals surface area (Å²) in [5.74, 6) is 0.954. The van der Waals surface area contributed by atoms with E-state index < -0.39 is 0 Å². The van der Waals surface area contributed by atoms with Gasteiger partial charge in [-0.2, -0.15) is 0 Å². The standard InChI is InChI=1S/C15H24N2/c1-2-10-17(11-13-4-3-5-13)12-14-6-8-15(16)9-7-14/h6-9,13H,2-5,10-12,16H2,1H3. The molecule has 0 spiro atoms. The highest BCUT2D eigenvalue weighted by Crippen LogP contribution is 2.27. The van der Waals surface area contributed by atoms with Gasteiger partial charge in [-0.1, -0.05) is 25.5 Å². The fourth-order valence-corrected chi connectivity index (χ4v) is 2.47. The first-order valence-electron chi connectivity index (χ1n) is 6.84. The zero-order valence-electron chi connectivity index (χ0n) is 10.9. The van der Waals surface area contributed by atoms with Crippen molar-refractivity contribution in [2.24, 2.45) is 5.92 Å². The lowest BCUT2D eigenvalue weighted by Crippen LogP contribution is -2.32. The second kappa shape index (κ2) is 6.06. The Morgan fingerprint density at radius 3 is 2.47 bits per heavy atom. The number of nitrogen functional groups attached to an aromatic ring is 1. The minimum Gasteiger partial charge on any atom is -0.399 e. The minimum absolute atomic E-state index is 0.856. The molecule has 0 aliphatic heterocycles. The molecule has 1 aromatic carbocycles. The summed E-state index contributed by atoms with van der Waals surface area (Å²) in [5, 5.41) is 0. The van der Waals surface area contributed by atoms with Crippen LogP contribution in [0.3, 0.4) is 0 Å². The molecule has 0 atom stereocenters. The van der Waals surface area contributed by atoms with Crippen molar-refractivity contribution >= 4 is 5.69 Å². The monoisotopic (exact) mass is 232 g/mol. The average Bonchev–Trinajstić information content (AvgIpc) is 2.27. The molecule has 0 saturated heterocycles. The molecule has 2 rings (SSSR count). The van der Waals surface area contributed by atoms with Gasteiger partial charge in [-0.15, -0.1) is 0 Å². The maximum atomic E-state index is 5.71. The van der Waals surface area contributed by atoms with Crippen LogP contribution in [0.15, 0.2) is 24.3 Å². The van der Waals surface area contributed by atoms with Crippen LogP contribution in [-0.4, -0.2) is 18.0 Å². The Bertz CT molecular complexity index is 327. The molecule has 1 aliphatic carbocycles. The van der Waals surface area contributed by atoms with Crippen LogP contribution >= 0.6 is 0 Å². The van der Waals surface area contributed by atoms with Gasteiger partial charge in [0.2, 0.25) is 0 Å². The van der Waals surface area contributed by atoms with Gasteiger partial charge in [0.05, 0.1) is 0 Å². The Kier molecular flexibility index (Phi) is 4.43. The Labute approximate surface area is 105 Å². The minimum atomic E-state index is 0.856. The molecule has 17 heavy (non-hydrogen) atoms. The van der Waals surface area contributed by atoms with Crippen molar-refractivity contribution in [1.82, 2.24) is 4.90 Å². The summed E-state index contributed by atoms with van der Waals surface area (Å²) in [7, 11) is 0. The number of hydrogen-bond acceptors (Lipinski definition) is 2. The third-order valence-corrected chi connectivity index (χ3v) is 3.67. The van der Waals surface area contributed by atoms with E-state index >= 15 is 0 Å². The van der Waals surface area contributed by atoms with E-state index in [-0.39, 0.29) is 0 Å². The molecule has 0 radical (unpaired) electrons. The SMILES string of the molecule is CCCN(Cc1ccc(N)cc1)CC1CCC1. The quantitative estimate of drug-likeness (QED) is 0.763. The molecule has 94 valence electrons. The highest BCUT2D eigenvalue weighted by atomic mass is 15.1. The lowest BCUT2D eigenvalue weighted by molar-refractivity contribution is 0.171. The smallest absolute Gasteiger partial charge is 0.0314 e. The summed E-state index contributed by atoms with van der Waals surface area (Å²) >= 11 is 0. The molecule has 0 heterocycles. The second-order valence-electron chi connectivity index (χ2n) is 5.27. The number of anilines is 1. The number of benzene rings is 1. The van der Waals surface area contributed by atoms with E-state index in [0.717, 1.165) is 18.2 Å². The van der Waals surface area contributed by atoms with Crippen LogP contribution in [0.5, 0.6) is 0 Å². The van der Waals surface area contributed by atoms with Crippen LogP contribution in [0, 0.1) is 5.92 Å². The molecule has 1 fully saturated rings. The second-order valence-corrected chi connectivity index (χ2v) is 5.27. The van der Waals surface area contributed by atoms with Gasteiger partial charge < -0.3 is 5.73 Å². The summed E-state index contributed by atoms with van der Waals surface area (Å²) in [6.07, 6.45) is 5.54. The zero-order chi connectivity index (χ0) is 12.1. The molecule has 1 saturated carbocycles. The van der Waals surface area contributed by atoms with E-state index in [0.29, 0.717) is 0 Å². The number of nitrogens with two attached hydrogens (primary N) is 1. The predicted molar refractivity (Wildman–Crippen MR) is 73.8 cm³/mol. The van der Waals surface area contributed by atoms with E-state index in [1.54, 1.807) is 0 Å². The van der Waals surface area contributed by atoms with Crippen molar-refractivity contribution < 1.29 is 0 Å². The summed E-state index contributed by atoms with van der Waals surface area (Å²) < 4.78 is 0. The van der Waals surface area contributed by atoms with Crippen molar-refractivity contribution in [2.45, 2.75) is 39.2 Å². The largest absolute Gasteiger partial charge is 0.399 e. The summed E-state index contributed by atoms with van der Waals surface area (Å²) in [5.41, 5.74) is 7.95. The summed E-state index contributed by atoms with van der Waals surface area (Å²) in [6.45, 7) is 5.82. The van der Waals surface area contributed by atoms with Crippen molar-refractivity contribution in [3.63, 3.8) is 0 Å². The Morgan fingerprint density at radius 2 is 1.94 bits per heavy atom. The molecule has 2 nitrogen and oxygen atoms in total. The highest BCUT2D eigenvalue weighted by Gasteiger charge is 2.20. The van der Waals surface area contributed by atoms with Gasteiger partial charge in [0.15, 0.2) is 0 Å². The van der Waals surface area contributed by atoms with Crippen molar-refractivity contribution in [3.05, 3.63) is 29.8 Å². The fourth-order valence-electron chi connectivity index (χ4n) is 2.47. The van der Waals surface area contributed by atoms with Crippen LogP contribution in [0.2, 0.25) is 0 Å². The third-order valence-electron chi connectivity index (χ3n) is 3.67. The molecule has 1 aliphatic rings. The Hall–Kier alpha value is -1.02. The first kappa shape index (κ1) is 12.4. The van der Waals surface area contributed by atoms with Crippen LogP contribution in [0.4, 0.5) is 5.69 Å². The molecule has 0 bridgehead atoms. The summed E-state index contributed by atoms with van der Waals surface area (Å²) in [4.78, 5) is 2.59. The van der Waals surface area contributed by atoms with Crippen LogP contribution in [0.1, 0.15) is 38.2 Å². The van der Waals surface area contributed by atoms with Gasteiger partial charge in [0, 0.05) is 18.8 Å². The van der Waals surface area contributed by atoms with Crippen LogP contribution < -0.4 is 5.73 Å². The fraction of sp³-hybridized carbons (Fsp3) is 0.600. The van der Waals surface area contributed by atoms with E-state index in [2.05, 4.69) is 24.0 Å². The molecule has 2 N–H and O–H groups in total. The maximum absolute atomic E-state index is 5.71. The van der Waals surface area contributed by atoms with Gasteiger partial charge in [-0.05, 0) is 49.4 Å². The molecular weight excluding hydrogens is 208 g/mol. The van der Waals surface area contributed by atoms with Crippen molar-refractivity contribution in [3.8, 4) is 0 Å². The first-order valence-corrected chi connectivity index (χ1v) is 6.84. The maximum Gasteiger partial charge on any atom is 0.0314 e. The normalized spacial score (nSPS) is 16.1. The first-order chi connectivity index (χ1) is 8.28. The average molecular weight is 232 g/mol. The van der Waals surface area contributed by atoms with Crippen molar-refractivity contribution in [1.29, 1.82) is 0 Å². The lowest BCUT2D eigenvalue weighted by Gasteiger charge is -2.32. The molecule has 2 heteroatoms. The Morgan fingerprint density at radius 1 is 1.24 bits per heavy atom. The zero-order valence-corrected chi connectivity index (χ0v) is 10.9. The van der Waals surface area contributed by atoms with Crippen LogP contribution in [-0.2, 0) is 6.54 Å².